The van der Waals surface area contributed by atoms with Gasteiger partial charge in [-0.25, -0.2) is 0 Å². The molecule has 1 N–H and O–H groups in total. The van der Waals surface area contributed by atoms with Crippen molar-refractivity contribution >= 4 is 0 Å². The molecule has 0 saturated heterocycles. The van der Waals surface area contributed by atoms with E-state index in [-0.39, 0.29) is 11.5 Å². The van der Waals surface area contributed by atoms with Crippen LogP contribution in [0.1, 0.15) is 45.3 Å². The van der Waals surface area contributed by atoms with Crippen LogP contribution in [0.5, 0.6) is 0 Å². The minimum atomic E-state index is -0.307. The average Bonchev–Trinajstić information content (AvgIpc) is 2.86. The summed E-state index contributed by atoms with van der Waals surface area (Å²) in [7, 11) is 0. The van der Waals surface area contributed by atoms with Gasteiger partial charge in [0.1, 0.15) is 0 Å². The molecule has 0 aromatic carbocycles. The molecular formula is C11H18N2O2. The molecule has 84 valence electrons. The molecule has 2 rings (SSSR count). The Morgan fingerprint density at radius 1 is 1.47 bits per heavy atom. The highest BCUT2D eigenvalue weighted by Crippen LogP contribution is 2.33. The molecule has 1 atom stereocenters. The van der Waals surface area contributed by atoms with E-state index in [1.165, 1.54) is 0 Å². The van der Waals surface area contributed by atoms with Crippen molar-refractivity contribution in [3.8, 4) is 0 Å². The van der Waals surface area contributed by atoms with Crippen LogP contribution in [0.25, 0.3) is 0 Å². The van der Waals surface area contributed by atoms with Crippen LogP contribution in [-0.4, -0.2) is 21.4 Å². The first-order chi connectivity index (χ1) is 6.97. The topological polar surface area (TPSA) is 59.2 Å². The van der Waals surface area contributed by atoms with Gasteiger partial charge in [0.2, 0.25) is 5.89 Å². The largest absolute Gasteiger partial charge is 0.392 e. The van der Waals surface area contributed by atoms with E-state index in [1.807, 2.05) is 20.8 Å². The van der Waals surface area contributed by atoms with Crippen LogP contribution < -0.4 is 0 Å². The summed E-state index contributed by atoms with van der Waals surface area (Å²) in [5.74, 6) is 1.72. The first kappa shape index (κ1) is 10.6. The lowest BCUT2D eigenvalue weighted by molar-refractivity contribution is 0.140. The average molecular weight is 210 g/mol. The number of aromatic nitrogens is 2. The van der Waals surface area contributed by atoms with Gasteiger partial charge in [-0.15, -0.1) is 0 Å². The van der Waals surface area contributed by atoms with E-state index in [0.29, 0.717) is 24.1 Å². The zero-order valence-corrected chi connectivity index (χ0v) is 9.53. The Morgan fingerprint density at radius 2 is 2.13 bits per heavy atom. The number of hydrogen-bond donors (Lipinski definition) is 1. The zero-order chi connectivity index (χ0) is 11.1. The standard InChI is InChI=1S/C11H18N2O2/c1-11(2,3)10-12-9(15-13-10)6-8(14)7-4-5-7/h7-8,14H,4-6H2,1-3H3. The molecule has 0 spiro atoms. The molecule has 1 fully saturated rings. The fraction of sp³-hybridized carbons (Fsp3) is 0.818. The fourth-order valence-corrected chi connectivity index (χ4v) is 1.47. The van der Waals surface area contributed by atoms with E-state index >= 15 is 0 Å². The third kappa shape index (κ3) is 2.56. The van der Waals surface area contributed by atoms with Crippen LogP contribution in [0.15, 0.2) is 4.52 Å². The third-order valence-corrected chi connectivity index (χ3v) is 2.69. The molecule has 1 aromatic rings. The van der Waals surface area contributed by atoms with Gasteiger partial charge in [0.15, 0.2) is 5.82 Å². The number of nitrogens with zero attached hydrogens (tertiary/aromatic N) is 2. The molecule has 0 radical (unpaired) electrons. The summed E-state index contributed by atoms with van der Waals surface area (Å²) in [5.41, 5.74) is -0.0910. The van der Waals surface area contributed by atoms with Crippen molar-refractivity contribution in [1.82, 2.24) is 10.1 Å². The maximum absolute atomic E-state index is 9.73. The second-order valence-corrected chi connectivity index (χ2v) is 5.37. The molecule has 4 nitrogen and oxygen atoms in total. The van der Waals surface area contributed by atoms with Gasteiger partial charge in [0.25, 0.3) is 0 Å². The Hall–Kier alpha value is -0.900. The minimum absolute atomic E-state index is 0.0910. The highest BCUT2D eigenvalue weighted by molar-refractivity contribution is 5.01. The predicted molar refractivity (Wildman–Crippen MR) is 55.4 cm³/mol. The normalized spacial score (nSPS) is 19.2. The summed E-state index contributed by atoms with van der Waals surface area (Å²) < 4.78 is 5.12. The molecule has 1 aromatic heterocycles. The van der Waals surface area contributed by atoms with Crippen molar-refractivity contribution in [2.45, 2.75) is 51.6 Å². The van der Waals surface area contributed by atoms with E-state index < -0.39 is 0 Å². The fourth-order valence-electron chi connectivity index (χ4n) is 1.47. The Balaban J connectivity index is 2.00. The summed E-state index contributed by atoms with van der Waals surface area (Å²) in [6.45, 7) is 6.12. The van der Waals surface area contributed by atoms with Crippen molar-refractivity contribution in [2.24, 2.45) is 5.92 Å². The first-order valence-electron chi connectivity index (χ1n) is 5.48. The highest BCUT2D eigenvalue weighted by Gasteiger charge is 2.31. The number of aliphatic hydroxyl groups is 1. The Labute approximate surface area is 89.7 Å². The number of aliphatic hydroxyl groups excluding tert-OH is 1. The molecule has 1 unspecified atom stereocenters. The van der Waals surface area contributed by atoms with Crippen molar-refractivity contribution in [1.29, 1.82) is 0 Å². The van der Waals surface area contributed by atoms with Crippen molar-refractivity contribution in [3.63, 3.8) is 0 Å². The molecule has 1 aliphatic carbocycles. The molecule has 0 aliphatic heterocycles. The minimum Gasteiger partial charge on any atom is -0.392 e. The van der Waals surface area contributed by atoms with Crippen LogP contribution in [-0.2, 0) is 11.8 Å². The monoisotopic (exact) mass is 210 g/mol. The summed E-state index contributed by atoms with van der Waals surface area (Å²) in [5, 5.41) is 13.6. The van der Waals surface area contributed by atoms with Gasteiger partial charge < -0.3 is 9.63 Å². The maximum atomic E-state index is 9.73. The summed E-state index contributed by atoms with van der Waals surface area (Å²) >= 11 is 0. The van der Waals surface area contributed by atoms with E-state index in [2.05, 4.69) is 10.1 Å². The molecular weight excluding hydrogens is 192 g/mol. The van der Waals surface area contributed by atoms with Gasteiger partial charge in [-0.05, 0) is 18.8 Å². The molecule has 15 heavy (non-hydrogen) atoms. The second-order valence-electron chi connectivity index (χ2n) is 5.37. The lowest BCUT2D eigenvalue weighted by atomic mass is 9.96. The predicted octanol–water partition coefficient (Wildman–Crippen LogP) is 1.68. The Kier molecular flexibility index (Phi) is 2.54. The maximum Gasteiger partial charge on any atom is 0.229 e. The van der Waals surface area contributed by atoms with E-state index in [0.717, 1.165) is 12.8 Å². The van der Waals surface area contributed by atoms with Crippen LogP contribution in [0.3, 0.4) is 0 Å². The van der Waals surface area contributed by atoms with Gasteiger partial charge in [-0.2, -0.15) is 4.98 Å². The van der Waals surface area contributed by atoms with Crippen molar-refractivity contribution in [3.05, 3.63) is 11.7 Å². The molecule has 1 heterocycles. The first-order valence-corrected chi connectivity index (χ1v) is 5.48. The van der Waals surface area contributed by atoms with Gasteiger partial charge in [-0.3, -0.25) is 0 Å². The molecule has 0 amide bonds. The Morgan fingerprint density at radius 3 is 2.60 bits per heavy atom. The summed E-state index contributed by atoms with van der Waals surface area (Å²) in [6.07, 6.45) is 2.44. The van der Waals surface area contributed by atoms with Crippen molar-refractivity contribution in [2.75, 3.05) is 0 Å². The highest BCUT2D eigenvalue weighted by atomic mass is 16.5. The third-order valence-electron chi connectivity index (χ3n) is 2.69. The van der Waals surface area contributed by atoms with Gasteiger partial charge in [0, 0.05) is 5.41 Å². The van der Waals surface area contributed by atoms with E-state index in [4.69, 9.17) is 4.52 Å². The van der Waals surface area contributed by atoms with Crippen molar-refractivity contribution < 1.29 is 9.63 Å². The lowest BCUT2D eigenvalue weighted by Gasteiger charge is -2.11. The van der Waals surface area contributed by atoms with E-state index in [9.17, 15) is 5.11 Å². The second kappa shape index (κ2) is 3.59. The molecule has 1 aliphatic rings. The van der Waals surface area contributed by atoms with Gasteiger partial charge >= 0.3 is 0 Å². The molecule has 1 saturated carbocycles. The summed E-state index contributed by atoms with van der Waals surface area (Å²) in [4.78, 5) is 4.29. The zero-order valence-electron chi connectivity index (χ0n) is 9.53. The smallest absolute Gasteiger partial charge is 0.229 e. The molecule has 0 bridgehead atoms. The number of rotatable bonds is 3. The van der Waals surface area contributed by atoms with Crippen LogP contribution in [0.4, 0.5) is 0 Å². The Bertz CT molecular complexity index is 337. The number of hydrogen-bond acceptors (Lipinski definition) is 4. The lowest BCUT2D eigenvalue weighted by Crippen LogP contribution is -2.15. The quantitative estimate of drug-likeness (QED) is 0.824. The SMILES string of the molecule is CC(C)(C)c1noc(CC(O)C2CC2)n1. The van der Waals surface area contributed by atoms with Crippen LogP contribution >= 0.6 is 0 Å². The van der Waals surface area contributed by atoms with Gasteiger partial charge in [0.05, 0.1) is 12.5 Å². The van der Waals surface area contributed by atoms with E-state index in [1.54, 1.807) is 0 Å². The summed E-state index contributed by atoms with van der Waals surface area (Å²) in [6, 6.07) is 0. The van der Waals surface area contributed by atoms with Crippen LogP contribution in [0, 0.1) is 5.92 Å². The van der Waals surface area contributed by atoms with Crippen LogP contribution in [0.2, 0.25) is 0 Å². The van der Waals surface area contributed by atoms with Gasteiger partial charge in [-0.1, -0.05) is 25.9 Å². The molecule has 4 heteroatoms.